The zero-order valence-electron chi connectivity index (χ0n) is 11.8. The van der Waals surface area contributed by atoms with Crippen molar-refractivity contribution >= 4 is 11.9 Å². The largest absolute Gasteiger partial charge is 0.480 e. The van der Waals surface area contributed by atoms with Crippen molar-refractivity contribution in [3.63, 3.8) is 0 Å². The first kappa shape index (κ1) is 14.1. The number of fused-ring (bicyclic) bond motifs is 1. The summed E-state index contributed by atoms with van der Waals surface area (Å²) in [7, 11) is 0. The normalized spacial score (nSPS) is 23.3. The highest BCUT2D eigenvalue weighted by atomic mass is 16.5. The Bertz CT molecular complexity index is 563. The number of hydrogen-bond donors (Lipinski definition) is 2. The average molecular weight is 289 g/mol. The topological polar surface area (TPSA) is 75.6 Å². The third-order valence-corrected chi connectivity index (χ3v) is 4.57. The molecule has 21 heavy (non-hydrogen) atoms. The van der Waals surface area contributed by atoms with Crippen molar-refractivity contribution in [3.8, 4) is 0 Å². The number of aliphatic carboxylic acids is 1. The second-order valence-corrected chi connectivity index (χ2v) is 5.78. The quantitative estimate of drug-likeness (QED) is 0.883. The van der Waals surface area contributed by atoms with E-state index in [-0.39, 0.29) is 11.8 Å². The molecule has 1 heterocycles. The van der Waals surface area contributed by atoms with Gasteiger partial charge in [-0.1, -0.05) is 24.3 Å². The summed E-state index contributed by atoms with van der Waals surface area (Å²) in [6, 6.07) is 7.89. The highest BCUT2D eigenvalue weighted by Gasteiger charge is 2.43. The molecular formula is C16H19NO4. The fourth-order valence-electron chi connectivity index (χ4n) is 3.26. The molecule has 0 spiro atoms. The van der Waals surface area contributed by atoms with Crippen molar-refractivity contribution in [2.24, 2.45) is 0 Å². The predicted molar refractivity (Wildman–Crippen MR) is 76.1 cm³/mol. The van der Waals surface area contributed by atoms with Crippen molar-refractivity contribution in [2.75, 3.05) is 13.2 Å². The molecule has 5 heteroatoms. The van der Waals surface area contributed by atoms with Gasteiger partial charge in [0.2, 0.25) is 5.91 Å². The zero-order chi connectivity index (χ0) is 14.9. The number of carboxylic acids is 1. The Morgan fingerprint density at radius 2 is 1.95 bits per heavy atom. The number of ether oxygens (including phenoxy) is 1. The second-order valence-electron chi connectivity index (χ2n) is 5.78. The van der Waals surface area contributed by atoms with Crippen molar-refractivity contribution in [2.45, 2.75) is 37.1 Å². The Labute approximate surface area is 123 Å². The van der Waals surface area contributed by atoms with E-state index in [1.807, 2.05) is 24.3 Å². The molecule has 2 aliphatic rings. The van der Waals surface area contributed by atoms with Gasteiger partial charge >= 0.3 is 5.97 Å². The average Bonchev–Trinajstić information content (AvgIpc) is 2.92. The summed E-state index contributed by atoms with van der Waals surface area (Å²) in [5.74, 6) is -1.38. The van der Waals surface area contributed by atoms with E-state index in [2.05, 4.69) is 5.32 Å². The van der Waals surface area contributed by atoms with E-state index < -0.39 is 11.5 Å². The second kappa shape index (κ2) is 5.48. The van der Waals surface area contributed by atoms with Crippen LogP contribution >= 0.6 is 0 Å². The first-order chi connectivity index (χ1) is 10.1. The molecule has 0 unspecified atom stereocenters. The Kier molecular flexibility index (Phi) is 3.68. The van der Waals surface area contributed by atoms with Crippen LogP contribution in [0.25, 0.3) is 0 Å². The predicted octanol–water partition coefficient (Wildman–Crippen LogP) is 1.47. The molecule has 1 fully saturated rings. The molecule has 0 aromatic heterocycles. The molecule has 1 aliphatic carbocycles. The minimum Gasteiger partial charge on any atom is -0.480 e. The van der Waals surface area contributed by atoms with Crippen LogP contribution < -0.4 is 5.32 Å². The van der Waals surface area contributed by atoms with Crippen LogP contribution in [0.15, 0.2) is 24.3 Å². The molecule has 0 radical (unpaired) electrons. The lowest BCUT2D eigenvalue weighted by atomic mass is 9.88. The third kappa shape index (κ3) is 2.53. The molecule has 0 bridgehead atoms. The molecule has 1 aliphatic heterocycles. The van der Waals surface area contributed by atoms with Crippen molar-refractivity contribution < 1.29 is 19.4 Å². The Morgan fingerprint density at radius 3 is 2.67 bits per heavy atom. The lowest BCUT2D eigenvalue weighted by molar-refractivity contribution is -0.152. The van der Waals surface area contributed by atoms with Crippen LogP contribution in [0.4, 0.5) is 0 Å². The van der Waals surface area contributed by atoms with Gasteiger partial charge in [-0.2, -0.15) is 0 Å². The minimum atomic E-state index is -1.17. The summed E-state index contributed by atoms with van der Waals surface area (Å²) in [6.45, 7) is 0.738. The molecule has 2 N–H and O–H groups in total. The van der Waals surface area contributed by atoms with E-state index in [9.17, 15) is 14.7 Å². The molecule has 1 saturated heterocycles. The maximum atomic E-state index is 12.6. The lowest BCUT2D eigenvalue weighted by Crippen LogP contribution is -2.58. The Morgan fingerprint density at radius 1 is 1.24 bits per heavy atom. The molecule has 0 saturated carbocycles. The van der Waals surface area contributed by atoms with Gasteiger partial charge in [0.15, 0.2) is 0 Å². The van der Waals surface area contributed by atoms with Crippen molar-refractivity contribution in [3.05, 3.63) is 35.4 Å². The summed E-state index contributed by atoms with van der Waals surface area (Å²) in [5.41, 5.74) is 1.05. The van der Waals surface area contributed by atoms with E-state index in [1.165, 1.54) is 5.56 Å². The number of rotatable bonds is 3. The Hall–Kier alpha value is -1.88. The van der Waals surface area contributed by atoms with Gasteiger partial charge in [0.1, 0.15) is 5.54 Å². The highest BCUT2D eigenvalue weighted by molar-refractivity contribution is 5.91. The SMILES string of the molecule is O=C(NC1(C(=O)O)CCOCC1)[C@H]1CCc2ccccc21. The maximum Gasteiger partial charge on any atom is 0.329 e. The molecular weight excluding hydrogens is 270 g/mol. The van der Waals surface area contributed by atoms with E-state index in [4.69, 9.17) is 4.74 Å². The number of amides is 1. The molecule has 5 nitrogen and oxygen atoms in total. The van der Waals surface area contributed by atoms with Crippen LogP contribution in [0.2, 0.25) is 0 Å². The summed E-state index contributed by atoms with van der Waals surface area (Å²) < 4.78 is 5.22. The van der Waals surface area contributed by atoms with E-state index >= 15 is 0 Å². The smallest absolute Gasteiger partial charge is 0.329 e. The van der Waals surface area contributed by atoms with Crippen LogP contribution in [0.1, 0.15) is 36.3 Å². The number of benzene rings is 1. The van der Waals surface area contributed by atoms with E-state index in [0.717, 1.165) is 18.4 Å². The first-order valence-electron chi connectivity index (χ1n) is 7.33. The number of carbonyl (C=O) groups is 2. The highest BCUT2D eigenvalue weighted by Crippen LogP contribution is 2.34. The molecule has 1 amide bonds. The summed E-state index contributed by atoms with van der Waals surface area (Å²) >= 11 is 0. The first-order valence-corrected chi connectivity index (χ1v) is 7.33. The van der Waals surface area contributed by atoms with Gasteiger partial charge in [0.25, 0.3) is 0 Å². The molecule has 3 rings (SSSR count). The molecule has 1 aromatic carbocycles. The fourth-order valence-corrected chi connectivity index (χ4v) is 3.26. The van der Waals surface area contributed by atoms with Crippen molar-refractivity contribution in [1.29, 1.82) is 0 Å². The molecule has 1 atom stereocenters. The Balaban J connectivity index is 1.78. The maximum absolute atomic E-state index is 12.6. The lowest BCUT2D eigenvalue weighted by Gasteiger charge is -2.34. The number of aryl methyl sites for hydroxylation is 1. The standard InChI is InChI=1S/C16H19NO4/c18-14(13-6-5-11-3-1-2-4-12(11)13)17-16(15(19)20)7-9-21-10-8-16/h1-4,13H,5-10H2,(H,17,18)(H,19,20)/t13-/m0/s1. The van der Waals surface area contributed by atoms with Gasteiger partial charge in [0, 0.05) is 26.1 Å². The van der Waals surface area contributed by atoms with Gasteiger partial charge in [-0.05, 0) is 24.0 Å². The van der Waals surface area contributed by atoms with Crippen LogP contribution in [0.3, 0.4) is 0 Å². The number of hydrogen-bond acceptors (Lipinski definition) is 3. The summed E-state index contributed by atoms with van der Waals surface area (Å²) in [5, 5.41) is 12.3. The monoisotopic (exact) mass is 289 g/mol. The van der Waals surface area contributed by atoms with Gasteiger partial charge in [-0.3, -0.25) is 4.79 Å². The number of carboxylic acid groups (broad SMARTS) is 1. The van der Waals surface area contributed by atoms with Gasteiger partial charge < -0.3 is 15.2 Å². The number of carbonyl (C=O) groups excluding carboxylic acids is 1. The molecule has 112 valence electrons. The van der Waals surface area contributed by atoms with Crippen LogP contribution in [0, 0.1) is 0 Å². The van der Waals surface area contributed by atoms with Crippen LogP contribution in [-0.4, -0.2) is 35.7 Å². The van der Waals surface area contributed by atoms with Crippen LogP contribution in [-0.2, 0) is 20.7 Å². The fraction of sp³-hybridized carbons (Fsp3) is 0.500. The zero-order valence-corrected chi connectivity index (χ0v) is 11.8. The summed E-state index contributed by atoms with van der Waals surface area (Å²) in [4.78, 5) is 24.2. The minimum absolute atomic E-state index is 0.177. The molecule has 1 aromatic rings. The van der Waals surface area contributed by atoms with Crippen molar-refractivity contribution in [1.82, 2.24) is 5.32 Å². The van der Waals surface area contributed by atoms with E-state index in [1.54, 1.807) is 0 Å². The number of nitrogens with one attached hydrogen (secondary N) is 1. The van der Waals surface area contributed by atoms with Gasteiger partial charge in [-0.15, -0.1) is 0 Å². The van der Waals surface area contributed by atoms with Gasteiger partial charge in [0.05, 0.1) is 5.92 Å². The van der Waals surface area contributed by atoms with Crippen LogP contribution in [0.5, 0.6) is 0 Å². The van der Waals surface area contributed by atoms with E-state index in [0.29, 0.717) is 26.1 Å². The summed E-state index contributed by atoms with van der Waals surface area (Å²) in [6.07, 6.45) is 2.26. The third-order valence-electron chi connectivity index (χ3n) is 4.57. The van der Waals surface area contributed by atoms with Gasteiger partial charge in [-0.25, -0.2) is 4.79 Å².